The molecule has 0 fully saturated rings. The molecule has 2 atom stereocenters. The summed E-state index contributed by atoms with van der Waals surface area (Å²) in [5.74, 6) is 0.842. The second kappa shape index (κ2) is 8.93. The number of hydrogen-bond acceptors (Lipinski definition) is 0. The fraction of sp³-hybridized carbons (Fsp3) is 0.0435. The SMILES string of the molecule is C1=CC2c3cccc4c(-c5c6ccccc6c(-c6ccc7c8c(cccc68)-c6ccccc6-7)c6ccccc56)ccc(c34)C2C=C1. The van der Waals surface area contributed by atoms with Gasteiger partial charge < -0.3 is 0 Å². The largest absolute Gasteiger partial charge is 0.0761 e. The molecule has 0 nitrogen and oxygen atoms in total. The first kappa shape index (κ1) is 24.6. The van der Waals surface area contributed by atoms with E-state index in [1.54, 1.807) is 0 Å². The molecule has 0 N–H and O–H groups in total. The van der Waals surface area contributed by atoms with Gasteiger partial charge in [-0.3, -0.25) is 0 Å². The van der Waals surface area contributed by atoms with E-state index in [0.29, 0.717) is 11.8 Å². The second-order valence-electron chi connectivity index (χ2n) is 13.1. The third-order valence-electron chi connectivity index (χ3n) is 11.0. The average molecular weight is 581 g/mol. The van der Waals surface area contributed by atoms with E-state index >= 15 is 0 Å². The highest BCUT2D eigenvalue weighted by Crippen LogP contribution is 2.54. The summed E-state index contributed by atoms with van der Waals surface area (Å²) >= 11 is 0. The van der Waals surface area contributed by atoms with Crippen molar-refractivity contribution in [2.75, 3.05) is 0 Å². The van der Waals surface area contributed by atoms with Crippen LogP contribution in [-0.2, 0) is 0 Å². The Morgan fingerprint density at radius 2 is 0.696 bits per heavy atom. The van der Waals surface area contributed by atoms with Crippen molar-refractivity contribution in [3.63, 3.8) is 0 Å². The van der Waals surface area contributed by atoms with Crippen molar-refractivity contribution in [1.82, 2.24) is 0 Å². The van der Waals surface area contributed by atoms with Gasteiger partial charge in [0, 0.05) is 11.8 Å². The van der Waals surface area contributed by atoms with Crippen LogP contribution in [0.4, 0.5) is 0 Å². The predicted molar refractivity (Wildman–Crippen MR) is 196 cm³/mol. The zero-order chi connectivity index (χ0) is 29.9. The van der Waals surface area contributed by atoms with E-state index in [1.165, 1.54) is 98.7 Å². The summed E-state index contributed by atoms with van der Waals surface area (Å²) in [6.45, 7) is 0. The molecule has 0 bridgehead atoms. The van der Waals surface area contributed by atoms with Crippen LogP contribution in [0.1, 0.15) is 23.0 Å². The molecule has 0 radical (unpaired) electrons. The summed E-state index contributed by atoms with van der Waals surface area (Å²) in [6.07, 6.45) is 9.20. The molecule has 0 heteroatoms. The van der Waals surface area contributed by atoms with E-state index < -0.39 is 0 Å². The number of benzene rings is 8. The summed E-state index contributed by atoms with van der Waals surface area (Å²) in [7, 11) is 0. The third-order valence-corrected chi connectivity index (χ3v) is 11.0. The zero-order valence-corrected chi connectivity index (χ0v) is 25.2. The Bertz CT molecular complexity index is 2590. The van der Waals surface area contributed by atoms with Crippen molar-refractivity contribution in [3.8, 4) is 44.5 Å². The van der Waals surface area contributed by atoms with E-state index in [9.17, 15) is 0 Å². The van der Waals surface area contributed by atoms with Gasteiger partial charge in [0.15, 0.2) is 0 Å². The number of allylic oxidation sites excluding steroid dienone is 4. The fourth-order valence-electron chi connectivity index (χ4n) is 9.17. The Morgan fingerprint density at radius 3 is 1.30 bits per heavy atom. The van der Waals surface area contributed by atoms with Crippen LogP contribution < -0.4 is 0 Å². The summed E-state index contributed by atoms with van der Waals surface area (Å²) in [5.41, 5.74) is 13.5. The van der Waals surface area contributed by atoms with Crippen LogP contribution in [0.3, 0.4) is 0 Å². The zero-order valence-electron chi connectivity index (χ0n) is 25.2. The molecule has 2 unspecified atom stereocenters. The molecule has 0 spiro atoms. The first-order valence-corrected chi connectivity index (χ1v) is 16.4. The maximum atomic E-state index is 2.41. The van der Waals surface area contributed by atoms with Gasteiger partial charge in [-0.05, 0) is 98.7 Å². The van der Waals surface area contributed by atoms with Gasteiger partial charge in [-0.25, -0.2) is 0 Å². The average Bonchev–Trinajstić information content (AvgIpc) is 3.63. The standard InChI is InChI=1S/C46H28/c1-3-13-29-27(11-1)31-19-9-21-37-41(25-23-39(29)43(31)37)45-33-15-5-7-17-35(33)46(36-18-8-6-16-34(36)45)42-26-24-40-30-14-4-2-12-28(30)32-20-10-22-38(42)44(32)40/h1-27,29H. The molecular formula is C46H28. The molecule has 212 valence electrons. The lowest BCUT2D eigenvalue weighted by Gasteiger charge is -2.20. The number of rotatable bonds is 2. The van der Waals surface area contributed by atoms with E-state index in [0.717, 1.165) is 0 Å². The molecule has 8 aromatic carbocycles. The third kappa shape index (κ3) is 3.04. The van der Waals surface area contributed by atoms with Crippen LogP contribution in [0.25, 0.3) is 87.6 Å². The maximum absolute atomic E-state index is 2.41. The van der Waals surface area contributed by atoms with Crippen molar-refractivity contribution in [2.24, 2.45) is 0 Å². The molecule has 0 aromatic heterocycles. The minimum absolute atomic E-state index is 0.421. The van der Waals surface area contributed by atoms with Crippen molar-refractivity contribution < 1.29 is 0 Å². The summed E-state index contributed by atoms with van der Waals surface area (Å²) < 4.78 is 0. The van der Waals surface area contributed by atoms with Gasteiger partial charge in [0.2, 0.25) is 0 Å². The quantitative estimate of drug-likeness (QED) is 0.178. The highest BCUT2D eigenvalue weighted by atomic mass is 14.4. The number of fused-ring (bicyclic) bond motifs is 8. The topological polar surface area (TPSA) is 0 Å². The van der Waals surface area contributed by atoms with E-state index in [2.05, 4.69) is 158 Å². The predicted octanol–water partition coefficient (Wildman–Crippen LogP) is 12.6. The Morgan fingerprint density at radius 1 is 0.283 bits per heavy atom. The second-order valence-corrected chi connectivity index (χ2v) is 13.1. The summed E-state index contributed by atoms with van der Waals surface area (Å²) in [6, 6.07) is 50.4. The summed E-state index contributed by atoms with van der Waals surface area (Å²) in [5, 5.41) is 10.7. The highest BCUT2D eigenvalue weighted by molar-refractivity contribution is 6.27. The van der Waals surface area contributed by atoms with Crippen molar-refractivity contribution in [2.45, 2.75) is 11.8 Å². The van der Waals surface area contributed by atoms with Crippen molar-refractivity contribution in [1.29, 1.82) is 0 Å². The molecule has 8 aromatic rings. The van der Waals surface area contributed by atoms with E-state index in [1.807, 2.05) is 0 Å². The minimum Gasteiger partial charge on any atom is -0.0761 e. The Hall–Kier alpha value is -5.72. The molecule has 0 saturated heterocycles. The maximum Gasteiger partial charge on any atom is 0.0131 e. The van der Waals surface area contributed by atoms with Gasteiger partial charge in [-0.15, -0.1) is 0 Å². The van der Waals surface area contributed by atoms with Crippen LogP contribution in [0.5, 0.6) is 0 Å². The molecule has 3 aliphatic carbocycles. The van der Waals surface area contributed by atoms with Gasteiger partial charge in [0.05, 0.1) is 0 Å². The molecule has 0 amide bonds. The molecule has 0 saturated carbocycles. The lowest BCUT2D eigenvalue weighted by atomic mass is 9.82. The Labute approximate surface area is 267 Å². The smallest absolute Gasteiger partial charge is 0.0131 e. The monoisotopic (exact) mass is 580 g/mol. The molecule has 0 heterocycles. The van der Waals surface area contributed by atoms with Crippen LogP contribution in [0, 0.1) is 0 Å². The highest BCUT2D eigenvalue weighted by Gasteiger charge is 2.33. The van der Waals surface area contributed by atoms with Gasteiger partial charge in [-0.2, -0.15) is 0 Å². The van der Waals surface area contributed by atoms with Crippen LogP contribution in [0.15, 0.2) is 158 Å². The fourth-order valence-corrected chi connectivity index (χ4v) is 9.17. The first-order chi connectivity index (χ1) is 22.9. The molecule has 0 aliphatic heterocycles. The minimum atomic E-state index is 0.421. The van der Waals surface area contributed by atoms with Crippen molar-refractivity contribution >= 4 is 43.1 Å². The van der Waals surface area contributed by atoms with Crippen LogP contribution in [0.2, 0.25) is 0 Å². The first-order valence-electron chi connectivity index (χ1n) is 16.4. The summed E-state index contributed by atoms with van der Waals surface area (Å²) in [4.78, 5) is 0. The molecule has 11 rings (SSSR count). The Balaban J connectivity index is 1.25. The van der Waals surface area contributed by atoms with Gasteiger partial charge in [-0.1, -0.05) is 158 Å². The van der Waals surface area contributed by atoms with Crippen LogP contribution >= 0.6 is 0 Å². The molecular weight excluding hydrogens is 553 g/mol. The molecule has 46 heavy (non-hydrogen) atoms. The lowest BCUT2D eigenvalue weighted by molar-refractivity contribution is 0.769. The van der Waals surface area contributed by atoms with Gasteiger partial charge in [0.1, 0.15) is 0 Å². The van der Waals surface area contributed by atoms with E-state index in [-0.39, 0.29) is 0 Å². The van der Waals surface area contributed by atoms with Gasteiger partial charge in [0.25, 0.3) is 0 Å². The lowest BCUT2D eigenvalue weighted by Crippen LogP contribution is -2.01. The van der Waals surface area contributed by atoms with E-state index in [4.69, 9.17) is 0 Å². The van der Waals surface area contributed by atoms with Crippen molar-refractivity contribution in [3.05, 3.63) is 169 Å². The van der Waals surface area contributed by atoms with Gasteiger partial charge >= 0.3 is 0 Å². The van der Waals surface area contributed by atoms with Crippen LogP contribution in [-0.4, -0.2) is 0 Å². The Kier molecular flexibility index (Phi) is 4.77. The number of hydrogen-bond donors (Lipinski definition) is 0. The normalized spacial score (nSPS) is 17.0. The molecule has 3 aliphatic rings.